The van der Waals surface area contributed by atoms with Gasteiger partial charge in [0.25, 0.3) is 31.9 Å². The van der Waals surface area contributed by atoms with E-state index in [2.05, 4.69) is 77.7 Å². The summed E-state index contributed by atoms with van der Waals surface area (Å²) in [5.74, 6) is 8.33. The van der Waals surface area contributed by atoms with Gasteiger partial charge in [-0.15, -0.1) is 10.2 Å². The number of hydrogen-bond acceptors (Lipinski definition) is 18. The SMILES string of the molecule is CC1(C)CC2CCCNc3cccc(n3)S(=O)(=O)NC(=O)c3ccc(-n4ccc(OCCC(C5CC5)C5CC5)n4)nc3N1C2.CC1(C)C[C@H]2CCCNc3cccc(n3)S(=O)(=O)NC(=O)c3ccc(-n4ccc(OCCC(C5CC5)C5CC5)n4)nc3N1C2. The molecule has 8 aliphatic rings. The predicted molar refractivity (Wildman–Crippen MR) is 333 cm³/mol. The predicted octanol–water partition coefficient (Wildman–Crippen LogP) is 9.59. The first-order chi connectivity index (χ1) is 42.3. The summed E-state index contributed by atoms with van der Waals surface area (Å²) in [6.45, 7) is 12.6. The number of carbonyl (C=O) groups is 2. The van der Waals surface area contributed by atoms with Gasteiger partial charge in [-0.2, -0.15) is 16.8 Å². The van der Waals surface area contributed by atoms with E-state index in [4.69, 9.17) is 19.4 Å². The molecule has 2 amide bonds. The van der Waals surface area contributed by atoms with Crippen molar-refractivity contribution < 1.29 is 35.9 Å². The van der Waals surface area contributed by atoms with Gasteiger partial charge in [-0.1, -0.05) is 12.1 Å². The van der Waals surface area contributed by atoms with Crippen molar-refractivity contribution in [2.75, 3.05) is 59.8 Å². The highest BCUT2D eigenvalue weighted by atomic mass is 32.2. The van der Waals surface area contributed by atoms with E-state index in [0.717, 1.165) is 86.9 Å². The first-order valence-corrected chi connectivity index (χ1v) is 34.8. The molecule has 468 valence electrons. The molecule has 6 fully saturated rings. The van der Waals surface area contributed by atoms with Crippen LogP contribution >= 0.6 is 0 Å². The molecule has 2 atom stereocenters. The van der Waals surface area contributed by atoms with E-state index in [1.165, 1.54) is 63.5 Å². The van der Waals surface area contributed by atoms with Gasteiger partial charge in [-0.3, -0.25) is 9.59 Å². The van der Waals surface area contributed by atoms with Crippen LogP contribution in [0.3, 0.4) is 0 Å². The molecule has 22 nitrogen and oxygen atoms in total. The topological polar surface area (TPSA) is 263 Å². The van der Waals surface area contributed by atoms with Crippen molar-refractivity contribution in [1.29, 1.82) is 0 Å². The second-order valence-corrected chi connectivity index (χ2v) is 30.2. The van der Waals surface area contributed by atoms with Crippen LogP contribution in [0.5, 0.6) is 11.8 Å². The molecule has 6 aromatic heterocycles. The maximum atomic E-state index is 13.6. The van der Waals surface area contributed by atoms with Crippen molar-refractivity contribution in [2.45, 2.75) is 152 Å². The summed E-state index contributed by atoms with van der Waals surface area (Å²) < 4.78 is 72.8. The number of aromatic nitrogens is 8. The van der Waals surface area contributed by atoms with Gasteiger partial charge in [0.05, 0.1) is 24.3 Å². The van der Waals surface area contributed by atoms with Crippen LogP contribution in [0.1, 0.15) is 151 Å². The quantitative estimate of drug-likeness (QED) is 0.0791. The zero-order valence-electron chi connectivity index (χ0n) is 50.8. The third-order valence-corrected chi connectivity index (χ3v) is 21.7. The zero-order valence-corrected chi connectivity index (χ0v) is 52.4. The molecule has 4 aliphatic carbocycles. The Kier molecular flexibility index (Phi) is 16.4. The maximum absolute atomic E-state index is 13.6. The Morgan fingerprint density at radius 2 is 0.920 bits per heavy atom. The molecule has 4 aliphatic heterocycles. The summed E-state index contributed by atoms with van der Waals surface area (Å²) >= 11 is 0. The lowest BCUT2D eigenvalue weighted by Crippen LogP contribution is -2.41. The monoisotopic (exact) mass is 1240 g/mol. The fourth-order valence-electron chi connectivity index (χ4n) is 14.2. The molecule has 4 N–H and O–H groups in total. The highest BCUT2D eigenvalue weighted by Crippen LogP contribution is 2.52. The number of pyridine rings is 4. The Bertz CT molecular complexity index is 3510. The van der Waals surface area contributed by atoms with Crippen LogP contribution in [0.4, 0.5) is 23.3 Å². The van der Waals surface area contributed by atoms with E-state index in [1.807, 2.05) is 24.5 Å². The summed E-state index contributed by atoms with van der Waals surface area (Å²) in [7, 11) is -8.44. The summed E-state index contributed by atoms with van der Waals surface area (Å²) in [5.41, 5.74) is -0.216. The van der Waals surface area contributed by atoms with Gasteiger partial charge < -0.3 is 29.9 Å². The molecule has 14 rings (SSSR count). The van der Waals surface area contributed by atoms with Crippen LogP contribution in [0.15, 0.2) is 95.2 Å². The number of sulfonamides is 2. The first-order valence-electron chi connectivity index (χ1n) is 31.8. The molecule has 88 heavy (non-hydrogen) atoms. The minimum absolute atomic E-state index is 0.185. The summed E-state index contributed by atoms with van der Waals surface area (Å²) in [6, 6.07) is 19.8. The van der Waals surface area contributed by atoms with Gasteiger partial charge in [0.1, 0.15) is 23.3 Å². The Morgan fingerprint density at radius 1 is 0.523 bits per heavy atom. The van der Waals surface area contributed by atoms with Crippen LogP contribution in [-0.4, -0.2) is 119 Å². The van der Waals surface area contributed by atoms with Gasteiger partial charge >= 0.3 is 0 Å². The molecule has 4 saturated carbocycles. The number of anilines is 4. The van der Waals surface area contributed by atoms with Crippen molar-refractivity contribution in [3.63, 3.8) is 0 Å². The molecule has 6 aromatic rings. The van der Waals surface area contributed by atoms with Gasteiger partial charge in [-0.05, 0) is 226 Å². The molecular weight excluding hydrogens is 1160 g/mol. The number of rotatable bonds is 14. The minimum Gasteiger partial charge on any atom is -0.477 e. The van der Waals surface area contributed by atoms with Crippen molar-refractivity contribution in [1.82, 2.24) is 48.9 Å². The molecule has 24 heteroatoms. The van der Waals surface area contributed by atoms with Crippen molar-refractivity contribution in [2.24, 2.45) is 47.3 Å². The van der Waals surface area contributed by atoms with Crippen LogP contribution in [0, 0.1) is 47.3 Å². The van der Waals surface area contributed by atoms with Crippen LogP contribution < -0.4 is 39.4 Å². The van der Waals surface area contributed by atoms with Crippen molar-refractivity contribution in [3.05, 3.63) is 96.3 Å². The van der Waals surface area contributed by atoms with Crippen LogP contribution in [0.25, 0.3) is 11.6 Å². The number of fused-ring (bicyclic) bond motifs is 12. The number of amides is 2. The third-order valence-electron chi connectivity index (χ3n) is 19.2. The van der Waals surface area contributed by atoms with E-state index in [9.17, 15) is 26.4 Å². The molecule has 10 heterocycles. The molecular formula is C64H82N14O8S2. The number of carbonyl (C=O) groups excluding carboxylic acids is 2. The van der Waals surface area contributed by atoms with Gasteiger partial charge in [0.2, 0.25) is 11.8 Å². The molecule has 0 spiro atoms. The molecule has 0 aromatic carbocycles. The third kappa shape index (κ3) is 13.6. The lowest BCUT2D eigenvalue weighted by Gasteiger charge is -2.34. The van der Waals surface area contributed by atoms with E-state index < -0.39 is 31.9 Å². The second-order valence-electron chi connectivity index (χ2n) is 26.9. The Balaban J connectivity index is 0.000000162. The number of ether oxygens (including phenoxy) is 2. The van der Waals surface area contributed by atoms with Gasteiger partial charge in [0, 0.05) is 61.8 Å². The average Bonchev–Trinajstić information content (AvgIpc) is 2.95. The van der Waals surface area contributed by atoms with Gasteiger partial charge in [-0.25, -0.2) is 38.7 Å². The fraction of sp³-hybridized carbons (Fsp3) is 0.562. The Hall–Kier alpha value is -7.34. The lowest BCUT2D eigenvalue weighted by atomic mass is 9.93. The fourth-order valence-corrected chi connectivity index (χ4v) is 16.1. The highest BCUT2D eigenvalue weighted by molar-refractivity contribution is 7.90. The summed E-state index contributed by atoms with van der Waals surface area (Å²) in [4.78, 5) is 49.9. The van der Waals surface area contributed by atoms with E-state index in [0.29, 0.717) is 97.9 Å². The molecule has 2 saturated heterocycles. The Morgan fingerprint density at radius 3 is 1.31 bits per heavy atom. The maximum Gasteiger partial charge on any atom is 0.281 e. The largest absolute Gasteiger partial charge is 0.477 e. The number of nitrogens with zero attached hydrogens (tertiary/aromatic N) is 10. The first kappa shape index (κ1) is 59.6. The standard InChI is InChI=1S/2C32H41N7O4S/c2*1-32(2)19-21-5-4-16-33-26-6-3-7-29(34-26)44(41,42)37-31(40)25-12-13-27(35-30(25)38(32)20-21)39-17-14-28(36-39)43-18-15-24(22-8-9-22)23-10-11-23/h2*3,6-7,12-14,17,21-24H,4-5,8-11,15-16,18-20H2,1-2H3,(H,33,34)(H,37,40)/t21-;/m1./s1. The number of nitrogens with one attached hydrogen (secondary N) is 4. The number of hydrogen-bond donors (Lipinski definition) is 4. The summed E-state index contributed by atoms with van der Waals surface area (Å²) in [5, 5.41) is 15.3. The van der Waals surface area contributed by atoms with E-state index in [1.54, 1.807) is 57.9 Å². The smallest absolute Gasteiger partial charge is 0.281 e. The summed E-state index contributed by atoms with van der Waals surface area (Å²) in [6.07, 6.45) is 22.3. The molecule has 8 bridgehead atoms. The molecule has 1 unspecified atom stereocenters. The molecule has 0 radical (unpaired) electrons. The minimum atomic E-state index is -4.22. The second kappa shape index (κ2) is 24.2. The zero-order chi connectivity index (χ0) is 61.0. The Labute approximate surface area is 515 Å². The highest BCUT2D eigenvalue weighted by Gasteiger charge is 2.45. The van der Waals surface area contributed by atoms with Crippen molar-refractivity contribution >= 4 is 55.1 Å². The average molecular weight is 1240 g/mol. The lowest BCUT2D eigenvalue weighted by molar-refractivity contribution is 0.0972. The van der Waals surface area contributed by atoms with Crippen molar-refractivity contribution in [3.8, 4) is 23.4 Å². The van der Waals surface area contributed by atoms with Crippen LogP contribution in [-0.2, 0) is 20.0 Å². The van der Waals surface area contributed by atoms with Crippen LogP contribution in [0.2, 0.25) is 0 Å². The normalized spacial score (nSPS) is 22.8. The van der Waals surface area contributed by atoms with E-state index in [-0.39, 0.29) is 32.3 Å². The van der Waals surface area contributed by atoms with E-state index >= 15 is 0 Å². The van der Waals surface area contributed by atoms with Gasteiger partial charge in [0.15, 0.2) is 21.7 Å².